The highest BCUT2D eigenvalue weighted by Crippen LogP contribution is 2.28. The highest BCUT2D eigenvalue weighted by atomic mass is 14.2. The zero-order valence-electron chi connectivity index (χ0n) is 12.2. The Morgan fingerprint density at radius 2 is 1.88 bits per heavy atom. The summed E-state index contributed by atoms with van der Waals surface area (Å²) in [7, 11) is 0. The molecule has 1 rings (SSSR count). The Morgan fingerprint density at radius 1 is 1.24 bits per heavy atom. The van der Waals surface area contributed by atoms with E-state index < -0.39 is 0 Å². The van der Waals surface area contributed by atoms with E-state index >= 15 is 0 Å². The smallest absolute Gasteiger partial charge is 0.0172 e. The van der Waals surface area contributed by atoms with Crippen LogP contribution in [0.2, 0.25) is 0 Å². The van der Waals surface area contributed by atoms with Gasteiger partial charge in [0.15, 0.2) is 0 Å². The van der Waals surface area contributed by atoms with Crippen molar-refractivity contribution in [3.63, 3.8) is 0 Å². The first-order chi connectivity index (χ1) is 7.84. The summed E-state index contributed by atoms with van der Waals surface area (Å²) >= 11 is 0. The molecular formula is C17H26. The normalized spacial score (nSPS) is 12.9. The van der Waals surface area contributed by atoms with E-state index in [1.165, 1.54) is 35.1 Å². The molecule has 0 N–H and O–H groups in total. The molecule has 0 unspecified atom stereocenters. The third-order valence-electron chi connectivity index (χ3n) is 3.38. The molecular weight excluding hydrogens is 204 g/mol. The van der Waals surface area contributed by atoms with E-state index in [-0.39, 0.29) is 5.41 Å². The van der Waals surface area contributed by atoms with E-state index in [1.807, 2.05) is 0 Å². The Labute approximate surface area is 107 Å². The molecule has 0 saturated carbocycles. The van der Waals surface area contributed by atoms with Crippen LogP contribution in [0.1, 0.15) is 57.7 Å². The number of benzene rings is 1. The van der Waals surface area contributed by atoms with Crippen molar-refractivity contribution in [1.29, 1.82) is 0 Å². The van der Waals surface area contributed by atoms with Gasteiger partial charge in [0.1, 0.15) is 0 Å². The summed E-state index contributed by atoms with van der Waals surface area (Å²) in [6, 6.07) is 6.80. The Bertz CT molecular complexity index is 403. The van der Waals surface area contributed by atoms with E-state index in [0.29, 0.717) is 0 Å². The molecule has 0 bridgehead atoms. The average molecular weight is 230 g/mol. The van der Waals surface area contributed by atoms with Crippen molar-refractivity contribution in [1.82, 2.24) is 0 Å². The first-order valence-electron chi connectivity index (χ1n) is 6.63. The van der Waals surface area contributed by atoms with Crippen molar-refractivity contribution in [2.45, 2.75) is 54.4 Å². The molecule has 0 fully saturated rings. The molecule has 0 aliphatic rings. The van der Waals surface area contributed by atoms with Crippen molar-refractivity contribution in [3.8, 4) is 0 Å². The highest BCUT2D eigenvalue weighted by Gasteiger charge is 2.13. The zero-order valence-corrected chi connectivity index (χ0v) is 12.2. The van der Waals surface area contributed by atoms with Gasteiger partial charge in [-0.25, -0.2) is 0 Å². The van der Waals surface area contributed by atoms with Crippen LogP contribution in [0, 0.1) is 12.3 Å². The molecule has 0 heterocycles. The monoisotopic (exact) mass is 230 g/mol. The fraction of sp³-hybridized carbons (Fsp3) is 0.529. The van der Waals surface area contributed by atoms with Gasteiger partial charge in [0.2, 0.25) is 0 Å². The maximum absolute atomic E-state index is 2.36. The van der Waals surface area contributed by atoms with Crippen LogP contribution in [-0.4, -0.2) is 0 Å². The lowest BCUT2D eigenvalue weighted by molar-refractivity contribution is 0.508. The molecule has 0 nitrogen and oxygen atoms in total. The van der Waals surface area contributed by atoms with E-state index in [0.717, 1.165) is 0 Å². The maximum atomic E-state index is 2.36. The van der Waals surface area contributed by atoms with Gasteiger partial charge in [0.25, 0.3) is 0 Å². The first-order valence-corrected chi connectivity index (χ1v) is 6.63. The van der Waals surface area contributed by atoms with E-state index in [1.54, 1.807) is 0 Å². The van der Waals surface area contributed by atoms with Gasteiger partial charge in [-0.3, -0.25) is 0 Å². The van der Waals surface area contributed by atoms with E-state index in [4.69, 9.17) is 0 Å². The largest absolute Gasteiger partial charge is 0.0673 e. The summed E-state index contributed by atoms with van der Waals surface area (Å²) in [6.07, 6.45) is 4.74. The lowest BCUT2D eigenvalue weighted by atomic mass is 9.85. The number of hydrogen-bond acceptors (Lipinski definition) is 0. The third-order valence-corrected chi connectivity index (χ3v) is 3.38. The number of hydrogen-bond donors (Lipinski definition) is 0. The van der Waals surface area contributed by atoms with Crippen LogP contribution >= 0.6 is 0 Å². The standard InChI is InChI=1S/C17H26/c1-7-8-15-10-9-13(2)11-16(15)12-14(3)17(4,5)6/h9-12H,7-8H2,1-6H3/b14-12-. The van der Waals surface area contributed by atoms with Crippen LogP contribution in [0.15, 0.2) is 23.8 Å². The molecule has 1 aromatic rings. The third kappa shape index (κ3) is 4.03. The number of rotatable bonds is 3. The molecule has 0 aliphatic heterocycles. The summed E-state index contributed by atoms with van der Waals surface area (Å²) in [6.45, 7) is 13.5. The SMILES string of the molecule is CCCc1ccc(C)cc1/C=C(/C)C(C)(C)C. The van der Waals surface area contributed by atoms with Crippen molar-refractivity contribution < 1.29 is 0 Å². The molecule has 0 aromatic heterocycles. The lowest BCUT2D eigenvalue weighted by Crippen LogP contribution is -2.06. The molecule has 17 heavy (non-hydrogen) atoms. The van der Waals surface area contributed by atoms with Gasteiger partial charge in [0, 0.05) is 0 Å². The Balaban J connectivity index is 3.16. The Morgan fingerprint density at radius 3 is 2.41 bits per heavy atom. The van der Waals surface area contributed by atoms with Gasteiger partial charge in [-0.05, 0) is 36.8 Å². The zero-order chi connectivity index (χ0) is 13.1. The van der Waals surface area contributed by atoms with Gasteiger partial charge in [-0.15, -0.1) is 0 Å². The van der Waals surface area contributed by atoms with Crippen molar-refractivity contribution in [3.05, 3.63) is 40.5 Å². The van der Waals surface area contributed by atoms with E-state index in [9.17, 15) is 0 Å². The minimum atomic E-state index is 0.257. The quantitative estimate of drug-likeness (QED) is 0.652. The Hall–Kier alpha value is -1.04. The minimum Gasteiger partial charge on any atom is -0.0673 e. The summed E-state index contributed by atoms with van der Waals surface area (Å²) in [5.74, 6) is 0. The van der Waals surface area contributed by atoms with Gasteiger partial charge in [0.05, 0.1) is 0 Å². The van der Waals surface area contributed by atoms with Crippen LogP contribution in [0.3, 0.4) is 0 Å². The molecule has 0 spiro atoms. The first kappa shape index (κ1) is 14.0. The average Bonchev–Trinajstić information content (AvgIpc) is 2.21. The predicted molar refractivity (Wildman–Crippen MR) is 78.3 cm³/mol. The second-order valence-corrected chi connectivity index (χ2v) is 6.03. The van der Waals surface area contributed by atoms with E-state index in [2.05, 4.69) is 65.8 Å². The highest BCUT2D eigenvalue weighted by molar-refractivity contribution is 5.58. The van der Waals surface area contributed by atoms with Crippen LogP contribution in [0.25, 0.3) is 6.08 Å². The molecule has 0 aliphatic carbocycles. The fourth-order valence-electron chi connectivity index (χ4n) is 1.80. The minimum absolute atomic E-state index is 0.257. The molecule has 0 atom stereocenters. The van der Waals surface area contributed by atoms with Crippen LogP contribution < -0.4 is 0 Å². The Kier molecular flexibility index (Phi) is 4.56. The summed E-state index contributed by atoms with van der Waals surface area (Å²) in [4.78, 5) is 0. The van der Waals surface area contributed by atoms with Crippen LogP contribution in [0.5, 0.6) is 0 Å². The van der Waals surface area contributed by atoms with Gasteiger partial charge in [-0.2, -0.15) is 0 Å². The van der Waals surface area contributed by atoms with Gasteiger partial charge >= 0.3 is 0 Å². The summed E-state index contributed by atoms with van der Waals surface area (Å²) in [5.41, 5.74) is 5.92. The van der Waals surface area contributed by atoms with Crippen LogP contribution in [-0.2, 0) is 6.42 Å². The molecule has 0 amide bonds. The van der Waals surface area contributed by atoms with Gasteiger partial charge < -0.3 is 0 Å². The predicted octanol–water partition coefficient (Wildman–Crippen LogP) is 5.40. The number of allylic oxidation sites excluding steroid dienone is 1. The maximum Gasteiger partial charge on any atom is -0.0172 e. The fourth-order valence-corrected chi connectivity index (χ4v) is 1.80. The summed E-state index contributed by atoms with van der Waals surface area (Å²) < 4.78 is 0. The lowest BCUT2D eigenvalue weighted by Gasteiger charge is -2.20. The molecule has 0 heteroatoms. The second-order valence-electron chi connectivity index (χ2n) is 6.03. The van der Waals surface area contributed by atoms with Crippen LogP contribution in [0.4, 0.5) is 0 Å². The molecule has 0 saturated heterocycles. The molecule has 94 valence electrons. The molecule has 0 radical (unpaired) electrons. The van der Waals surface area contributed by atoms with Crippen molar-refractivity contribution in [2.75, 3.05) is 0 Å². The van der Waals surface area contributed by atoms with Gasteiger partial charge in [-0.1, -0.05) is 69.5 Å². The topological polar surface area (TPSA) is 0 Å². The number of aryl methyl sites for hydroxylation is 2. The second kappa shape index (κ2) is 5.53. The van der Waals surface area contributed by atoms with Crippen molar-refractivity contribution >= 4 is 6.08 Å². The van der Waals surface area contributed by atoms with Crippen molar-refractivity contribution in [2.24, 2.45) is 5.41 Å². The molecule has 1 aromatic carbocycles. The summed E-state index contributed by atoms with van der Waals surface area (Å²) in [5, 5.41) is 0.